The van der Waals surface area contributed by atoms with Gasteiger partial charge in [0, 0.05) is 10.9 Å². The van der Waals surface area contributed by atoms with Crippen molar-refractivity contribution in [2.45, 2.75) is 24.6 Å². The van der Waals surface area contributed by atoms with Crippen molar-refractivity contribution in [2.75, 3.05) is 16.4 Å². The van der Waals surface area contributed by atoms with E-state index in [4.69, 9.17) is 0 Å². The van der Waals surface area contributed by atoms with Crippen LogP contribution in [0.5, 0.6) is 0 Å². The van der Waals surface area contributed by atoms with Gasteiger partial charge in [0.1, 0.15) is 5.82 Å². The Balaban J connectivity index is 1.63. The fourth-order valence-corrected chi connectivity index (χ4v) is 7.50. The first-order chi connectivity index (χ1) is 13.3. The third kappa shape index (κ3) is 3.98. The Morgan fingerprint density at radius 1 is 1.21 bits per heavy atom. The Morgan fingerprint density at radius 3 is 2.68 bits per heavy atom. The van der Waals surface area contributed by atoms with Crippen molar-refractivity contribution >= 4 is 38.4 Å². The third-order valence-electron chi connectivity index (χ3n) is 4.84. The number of thioether (sulfide) groups is 1. The molecule has 2 saturated heterocycles. The lowest BCUT2D eigenvalue weighted by molar-refractivity contribution is -0.117. The molecule has 2 aliphatic heterocycles. The van der Waals surface area contributed by atoms with E-state index in [2.05, 4.69) is 4.99 Å². The zero-order valence-electron chi connectivity index (χ0n) is 15.2. The first-order valence-electron chi connectivity index (χ1n) is 8.90. The van der Waals surface area contributed by atoms with E-state index in [0.717, 1.165) is 11.3 Å². The molecule has 4 rings (SSSR count). The highest BCUT2D eigenvalue weighted by molar-refractivity contribution is 8.16. The average molecular weight is 419 g/mol. The summed E-state index contributed by atoms with van der Waals surface area (Å²) in [5.41, 5.74) is 2.57. The summed E-state index contributed by atoms with van der Waals surface area (Å²) in [6.45, 7) is 1.96. The van der Waals surface area contributed by atoms with E-state index in [-0.39, 0.29) is 40.9 Å². The molecule has 2 atom stereocenters. The van der Waals surface area contributed by atoms with E-state index < -0.39 is 9.84 Å². The van der Waals surface area contributed by atoms with Gasteiger partial charge in [0.2, 0.25) is 0 Å². The number of aryl methyl sites for hydroxylation is 1. The molecule has 2 heterocycles. The molecule has 28 heavy (non-hydrogen) atoms. The number of nitrogens with zero attached hydrogens (tertiary/aromatic N) is 2. The van der Waals surface area contributed by atoms with Crippen molar-refractivity contribution < 1.29 is 17.6 Å². The second kappa shape index (κ2) is 7.33. The molecular formula is C20H19FN2O3S2. The fraction of sp³-hybridized carbons (Fsp3) is 0.300. The van der Waals surface area contributed by atoms with Crippen molar-refractivity contribution in [3.63, 3.8) is 0 Å². The predicted octanol–water partition coefficient (Wildman–Crippen LogP) is 2.98. The molecule has 2 aliphatic rings. The number of hydrogen-bond acceptors (Lipinski definition) is 4. The number of aliphatic imine (C=N–C) groups is 1. The van der Waals surface area contributed by atoms with Crippen LogP contribution in [0.2, 0.25) is 0 Å². The molecular weight excluding hydrogens is 399 g/mol. The summed E-state index contributed by atoms with van der Waals surface area (Å²) < 4.78 is 37.3. The van der Waals surface area contributed by atoms with Gasteiger partial charge in [0.25, 0.3) is 5.91 Å². The molecule has 0 spiro atoms. The van der Waals surface area contributed by atoms with E-state index >= 15 is 0 Å². The quantitative estimate of drug-likeness (QED) is 0.767. The smallest absolute Gasteiger partial charge is 0.252 e. The second-order valence-electron chi connectivity index (χ2n) is 7.10. The zero-order valence-corrected chi connectivity index (χ0v) is 16.8. The van der Waals surface area contributed by atoms with Crippen LogP contribution in [0, 0.1) is 12.7 Å². The summed E-state index contributed by atoms with van der Waals surface area (Å²) in [4.78, 5) is 18.7. The highest BCUT2D eigenvalue weighted by atomic mass is 32.2. The standard InChI is InChI=1S/C20H19FN2O3S2/c1-13-3-2-4-16(9-13)23-17-11-28(25,26)12-18(17)27-20(23)22-19(24)10-14-5-7-15(21)8-6-14/h2-9,17-18H,10-12H2,1H3/t17-,18+/m0/s1. The van der Waals surface area contributed by atoms with E-state index in [1.54, 1.807) is 12.1 Å². The van der Waals surface area contributed by atoms with Crippen LogP contribution in [-0.2, 0) is 21.1 Å². The Labute approximate surface area is 167 Å². The molecule has 8 heteroatoms. The van der Waals surface area contributed by atoms with Crippen LogP contribution in [0.1, 0.15) is 11.1 Å². The number of carbonyl (C=O) groups excluding carboxylic acids is 1. The minimum Gasteiger partial charge on any atom is -0.316 e. The largest absolute Gasteiger partial charge is 0.316 e. The molecule has 0 radical (unpaired) electrons. The van der Waals surface area contributed by atoms with Crippen LogP contribution in [0.25, 0.3) is 0 Å². The van der Waals surface area contributed by atoms with Crippen LogP contribution >= 0.6 is 11.8 Å². The molecule has 2 aromatic carbocycles. The number of amides is 1. The van der Waals surface area contributed by atoms with Crippen LogP contribution in [0.4, 0.5) is 10.1 Å². The van der Waals surface area contributed by atoms with Crippen molar-refractivity contribution in [3.05, 3.63) is 65.5 Å². The summed E-state index contributed by atoms with van der Waals surface area (Å²) in [5.74, 6) is -0.539. The third-order valence-corrected chi connectivity index (χ3v) is 8.05. The van der Waals surface area contributed by atoms with Crippen LogP contribution in [-0.4, -0.2) is 42.3 Å². The lowest BCUT2D eigenvalue weighted by atomic mass is 10.1. The lowest BCUT2D eigenvalue weighted by Crippen LogP contribution is -2.37. The van der Waals surface area contributed by atoms with Crippen LogP contribution in [0.3, 0.4) is 0 Å². The lowest BCUT2D eigenvalue weighted by Gasteiger charge is -2.24. The molecule has 2 fully saturated rings. The van der Waals surface area contributed by atoms with Gasteiger partial charge in [0.15, 0.2) is 15.0 Å². The monoisotopic (exact) mass is 418 g/mol. The molecule has 0 bridgehead atoms. The van der Waals surface area contributed by atoms with Gasteiger partial charge >= 0.3 is 0 Å². The van der Waals surface area contributed by atoms with Crippen molar-refractivity contribution in [1.29, 1.82) is 0 Å². The number of halogens is 1. The predicted molar refractivity (Wildman–Crippen MR) is 110 cm³/mol. The van der Waals surface area contributed by atoms with E-state index in [0.29, 0.717) is 10.7 Å². The van der Waals surface area contributed by atoms with Gasteiger partial charge in [0.05, 0.1) is 24.0 Å². The van der Waals surface area contributed by atoms with Crippen LogP contribution in [0.15, 0.2) is 53.5 Å². The number of sulfone groups is 1. The highest BCUT2D eigenvalue weighted by Crippen LogP contribution is 2.41. The molecule has 1 amide bonds. The number of rotatable bonds is 3. The van der Waals surface area contributed by atoms with Crippen molar-refractivity contribution in [1.82, 2.24) is 0 Å². The second-order valence-corrected chi connectivity index (χ2v) is 10.5. The maximum absolute atomic E-state index is 13.0. The molecule has 0 N–H and O–H groups in total. The van der Waals surface area contributed by atoms with Gasteiger partial charge in [-0.1, -0.05) is 36.0 Å². The first kappa shape index (κ1) is 19.1. The molecule has 0 aliphatic carbocycles. The summed E-state index contributed by atoms with van der Waals surface area (Å²) in [7, 11) is -3.10. The fourth-order valence-electron chi connectivity index (χ4n) is 3.57. The molecule has 146 valence electrons. The van der Waals surface area contributed by atoms with Gasteiger partial charge in [-0.05, 0) is 42.3 Å². The van der Waals surface area contributed by atoms with Gasteiger partial charge < -0.3 is 4.90 Å². The average Bonchev–Trinajstić information content (AvgIpc) is 3.07. The Hall–Kier alpha value is -2.19. The normalized spacial score (nSPS) is 24.5. The van der Waals surface area contributed by atoms with E-state index in [1.165, 1.54) is 23.9 Å². The summed E-state index contributed by atoms with van der Waals surface area (Å²) >= 11 is 1.35. The van der Waals surface area contributed by atoms with Gasteiger partial charge in [-0.15, -0.1) is 0 Å². The number of anilines is 1. The van der Waals surface area contributed by atoms with Crippen molar-refractivity contribution in [2.24, 2.45) is 4.99 Å². The first-order valence-corrected chi connectivity index (χ1v) is 11.6. The van der Waals surface area contributed by atoms with Crippen LogP contribution < -0.4 is 4.90 Å². The topological polar surface area (TPSA) is 66.8 Å². The molecule has 2 aromatic rings. The van der Waals surface area contributed by atoms with E-state index in [9.17, 15) is 17.6 Å². The minimum absolute atomic E-state index is 0.0593. The van der Waals surface area contributed by atoms with Gasteiger partial charge in [-0.25, -0.2) is 12.8 Å². The number of amidine groups is 1. The van der Waals surface area contributed by atoms with Gasteiger partial charge in [-0.3, -0.25) is 4.79 Å². The SMILES string of the molecule is Cc1cccc(N2C(=NC(=O)Cc3ccc(F)cc3)S[C@@H]3CS(=O)(=O)C[C@@H]32)c1. The Morgan fingerprint density at radius 2 is 1.96 bits per heavy atom. The zero-order chi connectivity index (χ0) is 19.9. The van der Waals surface area contributed by atoms with Gasteiger partial charge in [-0.2, -0.15) is 4.99 Å². The Kier molecular flexibility index (Phi) is 5.01. The number of benzene rings is 2. The number of hydrogen-bond donors (Lipinski definition) is 0. The van der Waals surface area contributed by atoms with E-state index in [1.807, 2.05) is 36.1 Å². The number of fused-ring (bicyclic) bond motifs is 1. The summed E-state index contributed by atoms with van der Waals surface area (Å²) in [5, 5.41) is 0.394. The maximum atomic E-state index is 13.0. The Bertz CT molecular complexity index is 1050. The molecule has 0 aromatic heterocycles. The maximum Gasteiger partial charge on any atom is 0.252 e. The highest BCUT2D eigenvalue weighted by Gasteiger charge is 2.49. The van der Waals surface area contributed by atoms with Crippen molar-refractivity contribution in [3.8, 4) is 0 Å². The minimum atomic E-state index is -3.10. The molecule has 5 nitrogen and oxygen atoms in total. The summed E-state index contributed by atoms with van der Waals surface area (Å²) in [6, 6.07) is 13.3. The summed E-state index contributed by atoms with van der Waals surface area (Å²) in [6.07, 6.45) is 0.0691. The molecule has 0 saturated carbocycles. The number of carbonyl (C=O) groups is 1. The molecule has 0 unspecified atom stereocenters.